The molecule has 13 rings (SSSR count). The van der Waals surface area contributed by atoms with Crippen molar-refractivity contribution in [2.24, 2.45) is 68.0 Å². The van der Waals surface area contributed by atoms with E-state index in [0.29, 0.717) is 70.5 Å². The molecule has 4 bridgehead atoms. The molecule has 12 heteroatoms. The summed E-state index contributed by atoms with van der Waals surface area (Å²) in [5.74, 6) is -2.61. The van der Waals surface area contributed by atoms with E-state index in [1.165, 1.54) is 0 Å². The maximum atomic E-state index is 15.7. The van der Waals surface area contributed by atoms with Crippen LogP contribution in [0.2, 0.25) is 0 Å². The van der Waals surface area contributed by atoms with E-state index in [0.717, 1.165) is 18.4 Å². The molecular formula is C40H48O12. The van der Waals surface area contributed by atoms with Gasteiger partial charge in [-0.15, -0.1) is 0 Å². The Hall–Kier alpha value is -2.09. The fourth-order valence-electron chi connectivity index (χ4n) is 17.1. The van der Waals surface area contributed by atoms with Crippen LogP contribution >= 0.6 is 0 Å². The molecule has 2 N–H and O–H groups in total. The molecule has 0 aromatic heterocycles. The van der Waals surface area contributed by atoms with Crippen molar-refractivity contribution >= 4 is 17.7 Å². The average molecular weight is 721 g/mol. The highest BCUT2D eigenvalue weighted by molar-refractivity contribution is 6.11. The van der Waals surface area contributed by atoms with Crippen LogP contribution in [0.3, 0.4) is 0 Å². The Morgan fingerprint density at radius 2 is 1.21 bits per heavy atom. The molecule has 12 nitrogen and oxygen atoms in total. The molecule has 6 saturated heterocycles. The number of hydrogen-bond donors (Lipinski definition) is 2. The number of aliphatic hydroxyl groups is 2. The molecule has 7 heterocycles. The summed E-state index contributed by atoms with van der Waals surface area (Å²) in [6, 6.07) is 0. The van der Waals surface area contributed by atoms with E-state index in [2.05, 4.69) is 13.8 Å². The molecule has 11 fully saturated rings. The summed E-state index contributed by atoms with van der Waals surface area (Å²) in [5, 5.41) is 24.6. The minimum atomic E-state index is -1.59. The van der Waals surface area contributed by atoms with Crippen LogP contribution in [-0.4, -0.2) is 97.0 Å². The Morgan fingerprint density at radius 1 is 0.654 bits per heavy atom. The smallest absolute Gasteiger partial charge is 0.320 e. The largest absolute Gasteiger partial charge is 0.482 e. The van der Waals surface area contributed by atoms with Gasteiger partial charge in [0.15, 0.2) is 24.0 Å². The second kappa shape index (κ2) is 8.96. The third kappa shape index (κ3) is 2.89. The van der Waals surface area contributed by atoms with Crippen LogP contribution in [0, 0.1) is 68.0 Å². The molecule has 7 aliphatic heterocycles. The number of fused-ring (bicyclic) bond motifs is 4. The van der Waals surface area contributed by atoms with Gasteiger partial charge in [0.1, 0.15) is 28.8 Å². The van der Waals surface area contributed by atoms with Crippen LogP contribution in [-0.2, 0) is 47.5 Å². The summed E-state index contributed by atoms with van der Waals surface area (Å²) >= 11 is 0. The first kappa shape index (κ1) is 31.2. The average Bonchev–Trinajstić information content (AvgIpc) is 3.94. The quantitative estimate of drug-likeness (QED) is 0.279. The van der Waals surface area contributed by atoms with Crippen LogP contribution in [0.1, 0.15) is 78.1 Å². The lowest BCUT2D eigenvalue weighted by Crippen LogP contribution is -2.71. The molecule has 5 spiro atoms. The van der Waals surface area contributed by atoms with Crippen molar-refractivity contribution in [3.8, 4) is 0 Å². The normalized spacial score (nSPS) is 63.8. The van der Waals surface area contributed by atoms with E-state index < -0.39 is 88.0 Å². The Balaban J connectivity index is 0.942. The number of ketones is 1. The van der Waals surface area contributed by atoms with E-state index in [4.69, 9.17) is 33.2 Å². The SMILES string of the molecule is C[C@]12CC[C@@H]3OC(=O)[C@@]45C[C@@H](C[C@@H](O)[C@H]4[C@]34CO[C@H](OC1)[C@H]24)C1(CCC2=C(O1)[C@]13C[C@H]2C[C@@H](O)[C@H]1[C@]12CO[C@@H]4OC[C@](C)(CC[C@@H]1OC3=O)[C@@H]42)C5=O. The number of hydrogen-bond acceptors (Lipinski definition) is 12. The number of esters is 2. The second-order valence-corrected chi connectivity index (χ2v) is 20.3. The van der Waals surface area contributed by atoms with Gasteiger partial charge in [-0.25, -0.2) is 0 Å². The fourth-order valence-corrected chi connectivity index (χ4v) is 17.1. The lowest BCUT2D eigenvalue weighted by Gasteiger charge is -2.62. The van der Waals surface area contributed by atoms with Gasteiger partial charge in [0.05, 0.1) is 38.6 Å². The van der Waals surface area contributed by atoms with Gasteiger partial charge in [0, 0.05) is 40.4 Å². The monoisotopic (exact) mass is 720 g/mol. The predicted octanol–water partition coefficient (Wildman–Crippen LogP) is 2.56. The first-order valence-electron chi connectivity index (χ1n) is 20.1. The van der Waals surface area contributed by atoms with Crippen molar-refractivity contribution in [2.45, 2.75) is 121 Å². The number of Topliss-reactive ketones (excluding diaryl/α,β-unsaturated/α-hetero) is 1. The van der Waals surface area contributed by atoms with E-state index in [1.807, 2.05) is 0 Å². The van der Waals surface area contributed by atoms with Gasteiger partial charge in [-0.1, -0.05) is 13.8 Å². The highest BCUT2D eigenvalue weighted by Crippen LogP contribution is 2.78. The van der Waals surface area contributed by atoms with Crippen LogP contribution in [0.4, 0.5) is 0 Å². The molecule has 0 amide bonds. The van der Waals surface area contributed by atoms with Crippen molar-refractivity contribution in [3.63, 3.8) is 0 Å². The molecule has 0 radical (unpaired) electrons. The summed E-state index contributed by atoms with van der Waals surface area (Å²) in [4.78, 5) is 45.0. The molecule has 6 aliphatic carbocycles. The van der Waals surface area contributed by atoms with Crippen molar-refractivity contribution in [2.75, 3.05) is 26.4 Å². The summed E-state index contributed by atoms with van der Waals surface area (Å²) < 4.78 is 45.5. The summed E-state index contributed by atoms with van der Waals surface area (Å²) in [5.41, 5.74) is -5.06. The molecule has 280 valence electrons. The van der Waals surface area contributed by atoms with Gasteiger partial charge in [-0.05, 0) is 86.5 Å². The molecule has 0 aromatic rings. The molecular weight excluding hydrogens is 672 g/mol. The van der Waals surface area contributed by atoms with Gasteiger partial charge >= 0.3 is 11.9 Å². The van der Waals surface area contributed by atoms with E-state index in [1.54, 1.807) is 0 Å². The van der Waals surface area contributed by atoms with Crippen molar-refractivity contribution in [3.05, 3.63) is 11.3 Å². The van der Waals surface area contributed by atoms with Crippen molar-refractivity contribution < 1.29 is 57.8 Å². The zero-order valence-corrected chi connectivity index (χ0v) is 29.8. The summed E-state index contributed by atoms with van der Waals surface area (Å²) in [6.45, 7) is 6.15. The topological polar surface area (TPSA) is 156 Å². The van der Waals surface area contributed by atoms with Crippen LogP contribution in [0.25, 0.3) is 0 Å². The Kier molecular flexibility index (Phi) is 5.37. The number of allylic oxidation sites excluding steroid dienone is 1. The summed E-state index contributed by atoms with van der Waals surface area (Å²) in [7, 11) is 0. The van der Waals surface area contributed by atoms with Crippen molar-refractivity contribution in [1.29, 1.82) is 0 Å². The number of rotatable bonds is 0. The van der Waals surface area contributed by atoms with Gasteiger partial charge in [0.2, 0.25) is 0 Å². The maximum Gasteiger partial charge on any atom is 0.320 e. The van der Waals surface area contributed by atoms with Gasteiger partial charge in [0.25, 0.3) is 0 Å². The minimum absolute atomic E-state index is 0.0494. The minimum Gasteiger partial charge on any atom is -0.482 e. The van der Waals surface area contributed by atoms with Crippen molar-refractivity contribution in [1.82, 2.24) is 0 Å². The zero-order chi connectivity index (χ0) is 35.2. The highest BCUT2D eigenvalue weighted by Gasteiger charge is 2.86. The van der Waals surface area contributed by atoms with Crippen LogP contribution in [0.15, 0.2) is 11.3 Å². The Bertz CT molecular complexity index is 1810. The lowest BCUT2D eigenvalue weighted by molar-refractivity contribution is -0.253. The van der Waals surface area contributed by atoms with Crippen LogP contribution < -0.4 is 0 Å². The standard InChI is InChI=1S/C40H48O12/c1-34-6-4-22-38(15-48-29(26(34)38)46-13-34)24-20(41)9-17-11-36(24,32(44)50-22)28-19(17)3-8-40(52-28)18-10-21(42)25-37(12-18,31(40)43)33(45)51-23-5-7-35(2)14-47-30-27(35)39(23,25)16-49-30/h17-18,20-27,29-30,41-42H,3-16H2,1-2H3/t17-,18-,20-,21-,22+,23+,24-,25-,26-,27-,29+,30+,34+,35+,36+,37+,38+,39+,40?/m1/s1. The Morgan fingerprint density at radius 3 is 1.85 bits per heavy atom. The van der Waals surface area contributed by atoms with E-state index >= 15 is 4.79 Å². The molecule has 5 saturated carbocycles. The van der Waals surface area contributed by atoms with E-state index in [-0.39, 0.29) is 53.4 Å². The lowest BCUT2D eigenvalue weighted by atomic mass is 9.43. The molecule has 0 aromatic carbocycles. The zero-order valence-electron chi connectivity index (χ0n) is 29.8. The number of aliphatic hydroxyl groups excluding tert-OH is 2. The molecule has 1 unspecified atom stereocenters. The number of carbonyl (C=O) groups excluding carboxylic acids is 3. The third-order valence-corrected chi connectivity index (χ3v) is 18.6. The predicted molar refractivity (Wildman–Crippen MR) is 172 cm³/mol. The van der Waals surface area contributed by atoms with E-state index in [9.17, 15) is 19.8 Å². The highest BCUT2D eigenvalue weighted by atomic mass is 16.7. The first-order valence-corrected chi connectivity index (χ1v) is 20.1. The fraction of sp³-hybridized carbons (Fsp3) is 0.875. The number of carbonyl (C=O) groups is 3. The van der Waals surface area contributed by atoms with Gasteiger partial charge < -0.3 is 43.4 Å². The molecule has 19 atom stereocenters. The molecule has 52 heavy (non-hydrogen) atoms. The Labute approximate surface area is 301 Å². The summed E-state index contributed by atoms with van der Waals surface area (Å²) in [6.07, 6.45) is 1.94. The third-order valence-electron chi connectivity index (χ3n) is 18.6. The molecule has 13 aliphatic rings. The van der Waals surface area contributed by atoms with Gasteiger partial charge in [-0.3, -0.25) is 14.4 Å². The van der Waals surface area contributed by atoms with Crippen LogP contribution in [0.5, 0.6) is 0 Å². The first-order chi connectivity index (χ1) is 24.9. The maximum absolute atomic E-state index is 15.7. The number of ether oxygens (including phenoxy) is 7. The van der Waals surface area contributed by atoms with Gasteiger partial charge in [-0.2, -0.15) is 0 Å². The second-order valence-electron chi connectivity index (χ2n) is 20.3.